The number of benzene rings is 2. The van der Waals surface area contributed by atoms with Crippen LogP contribution in [0, 0.1) is 6.92 Å². The van der Waals surface area contributed by atoms with E-state index in [1.54, 1.807) is 17.0 Å². The van der Waals surface area contributed by atoms with Crippen molar-refractivity contribution in [2.75, 3.05) is 11.4 Å². The van der Waals surface area contributed by atoms with Crippen LogP contribution in [0.2, 0.25) is 5.02 Å². The highest BCUT2D eigenvalue weighted by Crippen LogP contribution is 2.31. The van der Waals surface area contributed by atoms with Gasteiger partial charge >= 0.3 is 11.8 Å². The van der Waals surface area contributed by atoms with Crippen LogP contribution in [0.25, 0.3) is 0 Å². The minimum absolute atomic E-state index is 0.174. The van der Waals surface area contributed by atoms with Gasteiger partial charge in [-0.05, 0) is 55.0 Å². The van der Waals surface area contributed by atoms with Crippen molar-refractivity contribution in [1.82, 2.24) is 10.6 Å². The largest absolute Gasteiger partial charge is 0.341 e. The third-order valence-electron chi connectivity index (χ3n) is 5.55. The highest BCUT2D eigenvalue weighted by molar-refractivity contribution is 6.36. The van der Waals surface area contributed by atoms with Crippen LogP contribution in [0.3, 0.4) is 0 Å². The molecule has 2 N–H and O–H groups in total. The average molecular weight is 412 g/mol. The number of amides is 3. The summed E-state index contributed by atoms with van der Waals surface area (Å²) in [6.07, 6.45) is 2.06. The van der Waals surface area contributed by atoms with Crippen molar-refractivity contribution in [3.63, 3.8) is 0 Å². The molecule has 2 atom stereocenters. The van der Waals surface area contributed by atoms with Crippen molar-refractivity contribution >= 4 is 35.0 Å². The molecule has 1 fully saturated rings. The zero-order chi connectivity index (χ0) is 20.5. The van der Waals surface area contributed by atoms with Crippen molar-refractivity contribution in [3.8, 4) is 0 Å². The van der Waals surface area contributed by atoms with Gasteiger partial charge in [-0.2, -0.15) is 0 Å². The third-order valence-corrected chi connectivity index (χ3v) is 5.85. The van der Waals surface area contributed by atoms with Gasteiger partial charge in [0.05, 0.1) is 16.8 Å². The average Bonchev–Trinajstić information content (AvgIpc) is 3.26. The Bertz CT molecular complexity index is 991. The quantitative estimate of drug-likeness (QED) is 0.762. The van der Waals surface area contributed by atoms with E-state index in [4.69, 9.17) is 11.6 Å². The van der Waals surface area contributed by atoms with Crippen molar-refractivity contribution in [3.05, 3.63) is 64.2 Å². The normalized spacial score (nSPS) is 20.5. The SMILES string of the molecule is Cc1ccc(N2CCC(NC(=O)C(=O)NC3CCc4ccccc43)C2=O)c(Cl)c1. The molecule has 2 aliphatic rings. The van der Waals surface area contributed by atoms with Gasteiger partial charge in [-0.1, -0.05) is 41.9 Å². The molecule has 2 aromatic rings. The number of halogens is 1. The first-order chi connectivity index (χ1) is 13.9. The maximum atomic E-state index is 12.7. The molecule has 1 aliphatic heterocycles. The summed E-state index contributed by atoms with van der Waals surface area (Å²) in [7, 11) is 0. The Balaban J connectivity index is 1.37. The first-order valence-electron chi connectivity index (χ1n) is 9.70. The lowest BCUT2D eigenvalue weighted by molar-refractivity contribution is -0.140. The van der Waals surface area contributed by atoms with E-state index >= 15 is 0 Å². The molecule has 0 aromatic heterocycles. The Kier molecular flexibility index (Phi) is 5.28. The van der Waals surface area contributed by atoms with E-state index in [-0.39, 0.29) is 11.9 Å². The number of hydrogen-bond acceptors (Lipinski definition) is 3. The second kappa shape index (κ2) is 7.87. The van der Waals surface area contributed by atoms with Gasteiger partial charge in [-0.15, -0.1) is 0 Å². The van der Waals surface area contributed by atoms with Crippen LogP contribution in [0.1, 0.15) is 35.6 Å². The lowest BCUT2D eigenvalue weighted by Crippen LogP contribution is -2.48. The summed E-state index contributed by atoms with van der Waals surface area (Å²) >= 11 is 6.27. The summed E-state index contributed by atoms with van der Waals surface area (Å²) in [6.45, 7) is 2.36. The lowest BCUT2D eigenvalue weighted by atomic mass is 10.1. The molecular weight excluding hydrogens is 390 g/mol. The number of nitrogens with zero attached hydrogens (tertiary/aromatic N) is 1. The van der Waals surface area contributed by atoms with Gasteiger partial charge in [0.25, 0.3) is 0 Å². The molecule has 2 unspecified atom stereocenters. The third kappa shape index (κ3) is 3.85. The zero-order valence-corrected chi connectivity index (χ0v) is 16.8. The standard InChI is InChI=1S/C22H22ClN3O3/c1-13-6-9-19(16(23)12-13)26-11-10-18(22(26)29)25-21(28)20(27)24-17-8-7-14-4-2-3-5-15(14)17/h2-6,9,12,17-18H,7-8,10-11H2,1H3,(H,24,27)(H,25,28). The van der Waals surface area contributed by atoms with E-state index in [0.29, 0.717) is 23.7 Å². The Morgan fingerprint density at radius 2 is 1.76 bits per heavy atom. The van der Waals surface area contributed by atoms with Crippen LogP contribution in [-0.4, -0.2) is 30.3 Å². The monoisotopic (exact) mass is 411 g/mol. The Hall–Kier alpha value is -2.86. The second-order valence-electron chi connectivity index (χ2n) is 7.52. The summed E-state index contributed by atoms with van der Waals surface area (Å²) < 4.78 is 0. The highest BCUT2D eigenvalue weighted by atomic mass is 35.5. The van der Waals surface area contributed by atoms with Gasteiger partial charge < -0.3 is 15.5 Å². The fourth-order valence-corrected chi connectivity index (χ4v) is 4.38. The Labute approximate surface area is 174 Å². The molecule has 2 aromatic carbocycles. The molecule has 1 aliphatic carbocycles. The van der Waals surface area contributed by atoms with Gasteiger partial charge in [0, 0.05) is 6.54 Å². The molecule has 1 heterocycles. The molecule has 0 bridgehead atoms. The number of hydrogen-bond donors (Lipinski definition) is 2. The fraction of sp³-hybridized carbons (Fsp3) is 0.318. The first-order valence-corrected chi connectivity index (χ1v) is 10.1. The van der Waals surface area contributed by atoms with Crippen molar-refractivity contribution in [2.45, 2.75) is 38.3 Å². The molecule has 6 nitrogen and oxygen atoms in total. The van der Waals surface area contributed by atoms with E-state index in [0.717, 1.165) is 24.0 Å². The summed E-state index contributed by atoms with van der Waals surface area (Å²) in [6, 6.07) is 12.4. The maximum Gasteiger partial charge on any atom is 0.309 e. The molecule has 0 radical (unpaired) electrons. The number of carbonyl (C=O) groups excluding carboxylic acids is 3. The van der Waals surface area contributed by atoms with Crippen molar-refractivity contribution < 1.29 is 14.4 Å². The van der Waals surface area contributed by atoms with Crippen LogP contribution < -0.4 is 15.5 Å². The van der Waals surface area contributed by atoms with E-state index in [2.05, 4.69) is 10.6 Å². The fourth-order valence-electron chi connectivity index (χ4n) is 4.04. The molecule has 150 valence electrons. The molecule has 7 heteroatoms. The molecular formula is C22H22ClN3O3. The van der Waals surface area contributed by atoms with Crippen LogP contribution in [0.4, 0.5) is 5.69 Å². The Morgan fingerprint density at radius 1 is 1.03 bits per heavy atom. The minimum atomic E-state index is -0.787. The number of aryl methyl sites for hydroxylation is 2. The van der Waals surface area contributed by atoms with Crippen LogP contribution in [0.15, 0.2) is 42.5 Å². The predicted molar refractivity (Wildman–Crippen MR) is 111 cm³/mol. The molecule has 4 rings (SSSR count). The van der Waals surface area contributed by atoms with Crippen LogP contribution >= 0.6 is 11.6 Å². The van der Waals surface area contributed by atoms with Gasteiger partial charge in [0.1, 0.15) is 6.04 Å². The van der Waals surface area contributed by atoms with E-state index in [9.17, 15) is 14.4 Å². The van der Waals surface area contributed by atoms with E-state index in [1.165, 1.54) is 5.56 Å². The second-order valence-corrected chi connectivity index (χ2v) is 7.93. The first kappa shape index (κ1) is 19.5. The molecule has 0 spiro atoms. The summed E-state index contributed by atoms with van der Waals surface area (Å²) in [4.78, 5) is 39.0. The highest BCUT2D eigenvalue weighted by Gasteiger charge is 2.36. The van der Waals surface area contributed by atoms with Crippen molar-refractivity contribution in [2.24, 2.45) is 0 Å². The van der Waals surface area contributed by atoms with E-state index < -0.39 is 17.9 Å². The van der Waals surface area contributed by atoms with Crippen molar-refractivity contribution in [1.29, 1.82) is 0 Å². The molecule has 3 amide bonds. The smallest absolute Gasteiger partial charge is 0.309 e. The summed E-state index contributed by atoms with van der Waals surface area (Å²) in [5.74, 6) is -1.76. The summed E-state index contributed by atoms with van der Waals surface area (Å²) in [5.41, 5.74) is 3.85. The van der Waals surface area contributed by atoms with Gasteiger partial charge in [0.15, 0.2) is 0 Å². The predicted octanol–water partition coefficient (Wildman–Crippen LogP) is 2.67. The number of anilines is 1. The number of fused-ring (bicyclic) bond motifs is 1. The number of nitrogens with one attached hydrogen (secondary N) is 2. The van der Waals surface area contributed by atoms with Gasteiger partial charge in [0.2, 0.25) is 5.91 Å². The zero-order valence-electron chi connectivity index (χ0n) is 16.1. The molecule has 29 heavy (non-hydrogen) atoms. The topological polar surface area (TPSA) is 78.5 Å². The van der Waals surface area contributed by atoms with Gasteiger partial charge in [-0.3, -0.25) is 14.4 Å². The minimum Gasteiger partial charge on any atom is -0.341 e. The van der Waals surface area contributed by atoms with E-state index in [1.807, 2.05) is 37.3 Å². The molecule has 1 saturated heterocycles. The van der Waals surface area contributed by atoms with Crippen LogP contribution in [0.5, 0.6) is 0 Å². The number of rotatable bonds is 3. The number of carbonyl (C=O) groups is 3. The lowest BCUT2D eigenvalue weighted by Gasteiger charge is -2.19. The summed E-state index contributed by atoms with van der Waals surface area (Å²) in [5, 5.41) is 5.85. The molecule has 0 saturated carbocycles. The van der Waals surface area contributed by atoms with Crippen LogP contribution in [-0.2, 0) is 20.8 Å². The maximum absolute atomic E-state index is 12.7. The van der Waals surface area contributed by atoms with Gasteiger partial charge in [-0.25, -0.2) is 0 Å². The Morgan fingerprint density at radius 3 is 2.52 bits per heavy atom.